The number of nitrogens with one attached hydrogen (secondary N) is 1. The molecule has 2 rings (SSSR count). The third-order valence-corrected chi connectivity index (χ3v) is 4.44. The third kappa shape index (κ3) is 4.53. The van der Waals surface area contributed by atoms with Gasteiger partial charge in [0.15, 0.2) is 0 Å². The summed E-state index contributed by atoms with van der Waals surface area (Å²) >= 11 is 0. The molecular formula is C17H26N4O2. The van der Waals surface area contributed by atoms with E-state index in [0.29, 0.717) is 32.7 Å². The second-order valence-corrected chi connectivity index (χ2v) is 6.00. The van der Waals surface area contributed by atoms with Crippen LogP contribution >= 0.6 is 0 Å². The highest BCUT2D eigenvalue weighted by molar-refractivity contribution is 5.80. The number of likely N-dealkylation sites (N-methyl/N-ethyl adjacent to an activating group) is 1. The molecule has 1 fully saturated rings. The van der Waals surface area contributed by atoms with Gasteiger partial charge in [-0.25, -0.2) is 0 Å². The van der Waals surface area contributed by atoms with Crippen LogP contribution in [0.25, 0.3) is 0 Å². The van der Waals surface area contributed by atoms with E-state index < -0.39 is 0 Å². The SMILES string of the molecule is CNC(=O)CN1CCN(C(=O)C(C)C(N)c2ccccc2)CC1. The maximum atomic E-state index is 12.6. The molecule has 1 heterocycles. The van der Waals surface area contributed by atoms with Crippen LogP contribution in [-0.4, -0.2) is 61.4 Å². The molecule has 0 spiro atoms. The molecule has 3 N–H and O–H groups in total. The monoisotopic (exact) mass is 318 g/mol. The first-order valence-electron chi connectivity index (χ1n) is 8.05. The first-order valence-corrected chi connectivity index (χ1v) is 8.05. The zero-order valence-electron chi connectivity index (χ0n) is 13.9. The Hall–Kier alpha value is -1.92. The average molecular weight is 318 g/mol. The molecule has 23 heavy (non-hydrogen) atoms. The van der Waals surface area contributed by atoms with Crippen molar-refractivity contribution in [3.05, 3.63) is 35.9 Å². The number of nitrogens with zero attached hydrogens (tertiary/aromatic N) is 2. The number of hydrogen-bond donors (Lipinski definition) is 2. The van der Waals surface area contributed by atoms with Crippen molar-refractivity contribution in [3.63, 3.8) is 0 Å². The second-order valence-electron chi connectivity index (χ2n) is 6.00. The fraction of sp³-hybridized carbons (Fsp3) is 0.529. The number of carbonyl (C=O) groups excluding carboxylic acids is 2. The van der Waals surface area contributed by atoms with Crippen molar-refractivity contribution >= 4 is 11.8 Å². The lowest BCUT2D eigenvalue weighted by atomic mass is 9.94. The van der Waals surface area contributed by atoms with Crippen molar-refractivity contribution in [2.45, 2.75) is 13.0 Å². The average Bonchev–Trinajstić information content (AvgIpc) is 2.61. The normalized spacial score (nSPS) is 18.3. The maximum Gasteiger partial charge on any atom is 0.233 e. The van der Waals surface area contributed by atoms with Crippen LogP contribution in [0.5, 0.6) is 0 Å². The van der Waals surface area contributed by atoms with Crippen LogP contribution < -0.4 is 11.1 Å². The Bertz CT molecular complexity index is 527. The molecule has 0 aliphatic carbocycles. The summed E-state index contributed by atoms with van der Waals surface area (Å²) in [5, 5.41) is 2.62. The zero-order chi connectivity index (χ0) is 16.8. The van der Waals surface area contributed by atoms with E-state index in [-0.39, 0.29) is 23.8 Å². The van der Waals surface area contributed by atoms with Gasteiger partial charge in [0.05, 0.1) is 12.5 Å². The minimum atomic E-state index is -0.299. The number of benzene rings is 1. The van der Waals surface area contributed by atoms with Gasteiger partial charge in [0.2, 0.25) is 11.8 Å². The zero-order valence-corrected chi connectivity index (χ0v) is 13.9. The van der Waals surface area contributed by atoms with Crippen LogP contribution in [0.1, 0.15) is 18.5 Å². The van der Waals surface area contributed by atoms with Crippen LogP contribution in [0.3, 0.4) is 0 Å². The number of nitrogens with two attached hydrogens (primary N) is 1. The van der Waals surface area contributed by atoms with E-state index in [1.165, 1.54) is 0 Å². The Labute approximate surface area is 137 Å². The molecule has 1 aromatic rings. The molecule has 1 aromatic carbocycles. The van der Waals surface area contributed by atoms with Gasteiger partial charge in [-0.2, -0.15) is 0 Å². The molecule has 1 saturated heterocycles. The minimum absolute atomic E-state index is 0.00393. The topological polar surface area (TPSA) is 78.7 Å². The van der Waals surface area contributed by atoms with Gasteiger partial charge in [0.25, 0.3) is 0 Å². The molecule has 6 nitrogen and oxygen atoms in total. The number of piperazine rings is 1. The number of hydrogen-bond acceptors (Lipinski definition) is 4. The fourth-order valence-corrected chi connectivity index (χ4v) is 2.81. The molecule has 1 aliphatic heterocycles. The van der Waals surface area contributed by atoms with E-state index >= 15 is 0 Å². The standard InChI is InChI=1S/C17H26N4O2/c1-13(16(18)14-6-4-3-5-7-14)17(23)21-10-8-20(9-11-21)12-15(22)19-2/h3-7,13,16H,8-12,18H2,1-2H3,(H,19,22). The number of amides is 2. The van der Waals surface area contributed by atoms with Gasteiger partial charge in [-0.15, -0.1) is 0 Å². The summed E-state index contributed by atoms with van der Waals surface area (Å²) in [5.74, 6) is -0.173. The van der Waals surface area contributed by atoms with E-state index in [2.05, 4.69) is 10.2 Å². The molecule has 2 amide bonds. The molecule has 0 saturated carbocycles. The van der Waals surface area contributed by atoms with Gasteiger partial charge in [-0.3, -0.25) is 14.5 Å². The highest BCUT2D eigenvalue weighted by Gasteiger charge is 2.29. The summed E-state index contributed by atoms with van der Waals surface area (Å²) in [6.07, 6.45) is 0. The lowest BCUT2D eigenvalue weighted by Crippen LogP contribution is -2.52. The quantitative estimate of drug-likeness (QED) is 0.814. The highest BCUT2D eigenvalue weighted by atomic mass is 16.2. The summed E-state index contributed by atoms with van der Waals surface area (Å²) < 4.78 is 0. The van der Waals surface area contributed by atoms with Gasteiger partial charge < -0.3 is 16.0 Å². The van der Waals surface area contributed by atoms with E-state index in [0.717, 1.165) is 5.56 Å². The van der Waals surface area contributed by atoms with Crippen molar-refractivity contribution in [3.8, 4) is 0 Å². The lowest BCUT2D eigenvalue weighted by molar-refractivity contribution is -0.137. The molecular weight excluding hydrogens is 292 g/mol. The Kier molecular flexibility index (Phi) is 6.12. The molecule has 0 aromatic heterocycles. The van der Waals surface area contributed by atoms with E-state index in [9.17, 15) is 9.59 Å². The largest absolute Gasteiger partial charge is 0.358 e. The minimum Gasteiger partial charge on any atom is -0.358 e. The van der Waals surface area contributed by atoms with Crippen molar-refractivity contribution in [2.24, 2.45) is 11.7 Å². The van der Waals surface area contributed by atoms with Crippen molar-refractivity contribution < 1.29 is 9.59 Å². The van der Waals surface area contributed by atoms with E-state index in [1.54, 1.807) is 7.05 Å². The van der Waals surface area contributed by atoms with Gasteiger partial charge in [0, 0.05) is 39.3 Å². The van der Waals surface area contributed by atoms with E-state index in [1.807, 2.05) is 42.2 Å². The molecule has 2 unspecified atom stereocenters. The number of carbonyl (C=O) groups is 2. The molecule has 0 radical (unpaired) electrons. The highest BCUT2D eigenvalue weighted by Crippen LogP contribution is 2.21. The van der Waals surface area contributed by atoms with Crippen LogP contribution in [0, 0.1) is 5.92 Å². The first kappa shape index (κ1) is 17.4. The van der Waals surface area contributed by atoms with Crippen molar-refractivity contribution in [2.75, 3.05) is 39.8 Å². The van der Waals surface area contributed by atoms with Gasteiger partial charge in [-0.1, -0.05) is 37.3 Å². The van der Waals surface area contributed by atoms with Gasteiger partial charge in [0.1, 0.15) is 0 Å². The summed E-state index contributed by atoms with van der Waals surface area (Å²) in [7, 11) is 1.63. The third-order valence-electron chi connectivity index (χ3n) is 4.44. The predicted molar refractivity (Wildman–Crippen MR) is 89.6 cm³/mol. The molecule has 126 valence electrons. The Morgan fingerprint density at radius 1 is 1.17 bits per heavy atom. The first-order chi connectivity index (χ1) is 11.0. The molecule has 1 aliphatic rings. The van der Waals surface area contributed by atoms with Crippen molar-refractivity contribution in [1.29, 1.82) is 0 Å². The number of rotatable bonds is 5. The van der Waals surface area contributed by atoms with Gasteiger partial charge >= 0.3 is 0 Å². The Morgan fingerprint density at radius 2 is 1.78 bits per heavy atom. The van der Waals surface area contributed by atoms with Gasteiger partial charge in [-0.05, 0) is 5.56 Å². The summed E-state index contributed by atoms with van der Waals surface area (Å²) in [5.41, 5.74) is 7.22. The molecule has 0 bridgehead atoms. The van der Waals surface area contributed by atoms with Crippen LogP contribution in [0.2, 0.25) is 0 Å². The van der Waals surface area contributed by atoms with Crippen LogP contribution in [0.15, 0.2) is 30.3 Å². The second kappa shape index (κ2) is 8.08. The maximum absolute atomic E-state index is 12.6. The predicted octanol–water partition coefficient (Wildman–Crippen LogP) is 0.213. The van der Waals surface area contributed by atoms with E-state index in [4.69, 9.17) is 5.73 Å². The Morgan fingerprint density at radius 3 is 2.35 bits per heavy atom. The smallest absolute Gasteiger partial charge is 0.233 e. The van der Waals surface area contributed by atoms with Crippen LogP contribution in [-0.2, 0) is 9.59 Å². The summed E-state index contributed by atoms with van der Waals surface area (Å²) in [4.78, 5) is 28.0. The van der Waals surface area contributed by atoms with Crippen molar-refractivity contribution in [1.82, 2.24) is 15.1 Å². The molecule has 6 heteroatoms. The fourth-order valence-electron chi connectivity index (χ4n) is 2.81. The summed E-state index contributed by atoms with van der Waals surface area (Å²) in [6.45, 7) is 4.98. The van der Waals surface area contributed by atoms with Crippen LogP contribution in [0.4, 0.5) is 0 Å². The Balaban J connectivity index is 1.88. The summed E-state index contributed by atoms with van der Waals surface area (Å²) in [6, 6.07) is 9.42. The molecule has 2 atom stereocenters. The lowest BCUT2D eigenvalue weighted by Gasteiger charge is -2.36.